The molecule has 0 N–H and O–H groups in total. The molecule has 0 bridgehead atoms. The van der Waals surface area contributed by atoms with Crippen molar-refractivity contribution in [3.8, 4) is 0 Å². The lowest BCUT2D eigenvalue weighted by atomic mass is 10.2. The number of nitrogens with zero attached hydrogens (tertiary/aromatic N) is 2. The Morgan fingerprint density at radius 2 is 2.06 bits per heavy atom. The second kappa shape index (κ2) is 6.94. The van der Waals surface area contributed by atoms with Crippen molar-refractivity contribution in [2.45, 2.75) is 12.8 Å². The van der Waals surface area contributed by atoms with Gasteiger partial charge in [0.25, 0.3) is 0 Å². The molecule has 98 valence electrons. The topological polar surface area (TPSA) is 24.7 Å². The highest BCUT2D eigenvalue weighted by Crippen LogP contribution is 2.36. The molecule has 2 nitrogen and oxygen atoms in total. The maximum Gasteiger partial charge on any atom is 0.113 e. The SMILES string of the molecule is Clc1ccc(C2=NN=C[SH]2CCCCBr)c(Cl)c1. The average molecular weight is 368 g/mol. The van der Waals surface area contributed by atoms with Gasteiger partial charge in [-0.15, -0.1) is 5.10 Å². The molecule has 1 aromatic rings. The van der Waals surface area contributed by atoms with Crippen molar-refractivity contribution in [1.29, 1.82) is 0 Å². The van der Waals surface area contributed by atoms with Crippen molar-refractivity contribution in [3.05, 3.63) is 33.8 Å². The number of halogens is 3. The van der Waals surface area contributed by atoms with Crippen molar-refractivity contribution in [2.75, 3.05) is 11.1 Å². The minimum absolute atomic E-state index is 0.412. The van der Waals surface area contributed by atoms with Crippen LogP contribution in [0.4, 0.5) is 0 Å². The molecule has 0 saturated heterocycles. The summed E-state index contributed by atoms with van der Waals surface area (Å²) in [4.78, 5) is 0. The van der Waals surface area contributed by atoms with Gasteiger partial charge < -0.3 is 0 Å². The standard InChI is InChI=1S/C12H13BrCl2N2S/c13-5-1-2-6-18-8-16-17-12(18)10-4-3-9(14)7-11(10)15/h3-4,7-8,18H,1-2,5-6H2. The number of benzene rings is 1. The third-order valence-electron chi connectivity index (χ3n) is 2.57. The summed E-state index contributed by atoms with van der Waals surface area (Å²) < 4.78 is 0. The molecule has 0 aromatic heterocycles. The smallest absolute Gasteiger partial charge is 0.113 e. The molecule has 1 aliphatic rings. The molecule has 0 amide bonds. The fraction of sp³-hybridized carbons (Fsp3) is 0.333. The first-order valence-corrected chi connectivity index (χ1v) is 9.09. The van der Waals surface area contributed by atoms with Crippen molar-refractivity contribution >= 4 is 60.6 Å². The third kappa shape index (κ3) is 3.50. The lowest BCUT2D eigenvalue weighted by Gasteiger charge is -2.15. The van der Waals surface area contributed by atoms with E-state index in [1.165, 1.54) is 12.8 Å². The van der Waals surface area contributed by atoms with Gasteiger partial charge in [0.2, 0.25) is 0 Å². The van der Waals surface area contributed by atoms with Gasteiger partial charge in [0, 0.05) is 15.9 Å². The Hall–Kier alpha value is -0.0300. The Kier molecular flexibility index (Phi) is 5.55. The molecular weight excluding hydrogens is 355 g/mol. The molecule has 1 unspecified atom stereocenters. The van der Waals surface area contributed by atoms with Gasteiger partial charge in [-0.1, -0.05) is 39.1 Å². The summed E-state index contributed by atoms with van der Waals surface area (Å²) in [6, 6.07) is 5.53. The lowest BCUT2D eigenvalue weighted by molar-refractivity contribution is 0.914. The van der Waals surface area contributed by atoms with Crippen molar-refractivity contribution in [2.24, 2.45) is 10.2 Å². The molecule has 0 radical (unpaired) electrons. The summed E-state index contributed by atoms with van der Waals surface area (Å²) in [7, 11) is -0.412. The van der Waals surface area contributed by atoms with Crippen LogP contribution in [0, 0.1) is 0 Å². The molecule has 0 spiro atoms. The van der Waals surface area contributed by atoms with Gasteiger partial charge >= 0.3 is 0 Å². The van der Waals surface area contributed by atoms with Crippen LogP contribution in [0.1, 0.15) is 18.4 Å². The molecule has 2 rings (SSSR count). The summed E-state index contributed by atoms with van der Waals surface area (Å²) in [5, 5.41) is 11.6. The Labute approximate surface area is 128 Å². The zero-order chi connectivity index (χ0) is 13.0. The summed E-state index contributed by atoms with van der Waals surface area (Å²) in [6.45, 7) is 0. The van der Waals surface area contributed by atoms with Crippen molar-refractivity contribution in [3.63, 3.8) is 0 Å². The van der Waals surface area contributed by atoms with Crippen LogP contribution in [-0.4, -0.2) is 21.7 Å². The van der Waals surface area contributed by atoms with Crippen molar-refractivity contribution in [1.82, 2.24) is 0 Å². The molecule has 0 aliphatic carbocycles. The average Bonchev–Trinajstić information content (AvgIpc) is 2.78. The minimum atomic E-state index is -0.412. The maximum atomic E-state index is 6.22. The highest BCUT2D eigenvalue weighted by molar-refractivity contribution is 9.09. The molecule has 18 heavy (non-hydrogen) atoms. The van der Waals surface area contributed by atoms with Crippen LogP contribution < -0.4 is 0 Å². The lowest BCUT2D eigenvalue weighted by Crippen LogP contribution is -2.04. The largest absolute Gasteiger partial charge is 0.169 e. The zero-order valence-corrected chi connectivity index (χ0v) is 13.6. The highest BCUT2D eigenvalue weighted by atomic mass is 79.9. The molecule has 1 aromatic carbocycles. The van der Waals surface area contributed by atoms with E-state index in [0.29, 0.717) is 10.0 Å². The van der Waals surface area contributed by atoms with Crippen LogP contribution in [0.15, 0.2) is 28.4 Å². The number of hydrogen-bond acceptors (Lipinski definition) is 2. The number of alkyl halides is 1. The van der Waals surface area contributed by atoms with E-state index >= 15 is 0 Å². The Bertz CT molecular complexity index is 491. The van der Waals surface area contributed by atoms with E-state index in [2.05, 4.69) is 26.1 Å². The van der Waals surface area contributed by atoms with Gasteiger partial charge in [-0.3, -0.25) is 0 Å². The first kappa shape index (κ1) is 14.4. The molecule has 1 atom stereocenters. The first-order valence-electron chi connectivity index (χ1n) is 5.61. The summed E-state index contributed by atoms with van der Waals surface area (Å²) >= 11 is 15.6. The van der Waals surface area contributed by atoms with E-state index in [1.54, 1.807) is 6.07 Å². The monoisotopic (exact) mass is 366 g/mol. The second-order valence-electron chi connectivity index (χ2n) is 3.87. The number of thiol groups is 1. The van der Waals surface area contributed by atoms with Crippen LogP contribution in [0.2, 0.25) is 10.0 Å². The predicted molar refractivity (Wildman–Crippen MR) is 88.4 cm³/mol. The normalized spacial score (nSPS) is 20.2. The Morgan fingerprint density at radius 3 is 2.78 bits per heavy atom. The van der Waals surface area contributed by atoms with Crippen LogP contribution in [0.3, 0.4) is 0 Å². The van der Waals surface area contributed by atoms with E-state index in [4.69, 9.17) is 23.2 Å². The quantitative estimate of drug-likeness (QED) is 0.436. The molecule has 1 aliphatic heterocycles. The summed E-state index contributed by atoms with van der Waals surface area (Å²) in [5.41, 5.74) is 2.92. The van der Waals surface area contributed by atoms with Gasteiger partial charge in [0.05, 0.1) is 10.6 Å². The highest BCUT2D eigenvalue weighted by Gasteiger charge is 2.18. The third-order valence-corrected chi connectivity index (χ3v) is 5.73. The fourth-order valence-electron chi connectivity index (χ4n) is 1.67. The van der Waals surface area contributed by atoms with Crippen LogP contribution in [0.25, 0.3) is 0 Å². The van der Waals surface area contributed by atoms with E-state index in [0.717, 1.165) is 21.7 Å². The van der Waals surface area contributed by atoms with Gasteiger partial charge in [-0.05, 0) is 36.8 Å². The van der Waals surface area contributed by atoms with Crippen LogP contribution >= 0.6 is 50.0 Å². The fourth-order valence-corrected chi connectivity index (χ4v) is 4.48. The Balaban J connectivity index is 2.12. The van der Waals surface area contributed by atoms with E-state index < -0.39 is 10.9 Å². The number of hydrogen-bond donors (Lipinski definition) is 1. The molecule has 1 heterocycles. The van der Waals surface area contributed by atoms with E-state index in [1.807, 2.05) is 17.7 Å². The Morgan fingerprint density at radius 1 is 1.22 bits per heavy atom. The van der Waals surface area contributed by atoms with E-state index in [-0.39, 0.29) is 0 Å². The van der Waals surface area contributed by atoms with Gasteiger partial charge in [0.1, 0.15) is 5.04 Å². The molecule has 0 saturated carbocycles. The molecule has 6 heteroatoms. The van der Waals surface area contributed by atoms with Crippen LogP contribution in [0.5, 0.6) is 0 Å². The zero-order valence-electron chi connectivity index (χ0n) is 9.61. The van der Waals surface area contributed by atoms with Gasteiger partial charge in [0.15, 0.2) is 0 Å². The predicted octanol–water partition coefficient (Wildman–Crippen LogP) is 4.87. The number of unbranched alkanes of at least 4 members (excludes halogenated alkanes) is 1. The minimum Gasteiger partial charge on any atom is -0.169 e. The maximum absolute atomic E-state index is 6.22. The van der Waals surface area contributed by atoms with E-state index in [9.17, 15) is 0 Å². The molecule has 0 fully saturated rings. The molecular formula is C12H13BrCl2N2S. The second-order valence-corrected chi connectivity index (χ2v) is 7.55. The summed E-state index contributed by atoms with van der Waals surface area (Å²) in [5.74, 6) is 1.11. The van der Waals surface area contributed by atoms with Crippen molar-refractivity contribution < 1.29 is 0 Å². The first-order chi connectivity index (χ1) is 8.72. The number of rotatable bonds is 5. The van der Waals surface area contributed by atoms with Gasteiger partial charge in [-0.25, -0.2) is 0 Å². The van der Waals surface area contributed by atoms with Gasteiger partial charge in [-0.2, -0.15) is 16.0 Å². The summed E-state index contributed by atoms with van der Waals surface area (Å²) in [6.07, 6.45) is 2.35. The van der Waals surface area contributed by atoms with Crippen LogP contribution in [-0.2, 0) is 0 Å².